The Morgan fingerprint density at radius 1 is 0.929 bits per heavy atom. The van der Waals surface area contributed by atoms with Crippen LogP contribution < -0.4 is 0 Å². The number of halogens is 2. The summed E-state index contributed by atoms with van der Waals surface area (Å²) in [7, 11) is 2.00. The van der Waals surface area contributed by atoms with E-state index in [1.165, 1.54) is 36.4 Å². The number of hydrogen-bond acceptors (Lipinski definition) is 3. The lowest BCUT2D eigenvalue weighted by Gasteiger charge is -2.39. The number of nitrogens with zero attached hydrogens (tertiary/aromatic N) is 2. The number of carbonyl (C=O) groups excluding carboxylic acids is 2. The van der Waals surface area contributed by atoms with E-state index in [-0.39, 0.29) is 35.8 Å². The summed E-state index contributed by atoms with van der Waals surface area (Å²) in [5.74, 6) is -0.721. The molecule has 0 bridgehead atoms. The summed E-state index contributed by atoms with van der Waals surface area (Å²) in [5.41, 5.74) is 1.44. The molecule has 2 aromatic carbocycles. The molecule has 1 atom stereocenters. The average Bonchev–Trinajstić information content (AvgIpc) is 2.69. The lowest BCUT2D eigenvalue weighted by atomic mass is 10.0. The largest absolute Gasteiger partial charge is 0.339 e. The number of amides is 1. The lowest BCUT2D eigenvalue weighted by molar-refractivity contribution is -0.134. The van der Waals surface area contributed by atoms with Crippen LogP contribution in [0.25, 0.3) is 0 Å². The normalized spacial score (nSPS) is 17.5. The number of piperazine rings is 1. The highest BCUT2D eigenvalue weighted by Crippen LogP contribution is 2.25. The molecule has 0 aliphatic carbocycles. The molecule has 148 valence electrons. The van der Waals surface area contributed by atoms with Gasteiger partial charge in [-0.2, -0.15) is 0 Å². The number of carbonyl (C=O) groups is 2. The fraction of sp³-hybridized carbons (Fsp3) is 0.364. The summed E-state index contributed by atoms with van der Waals surface area (Å²) in [6.45, 7) is 1.92. The van der Waals surface area contributed by atoms with E-state index in [4.69, 9.17) is 0 Å². The van der Waals surface area contributed by atoms with Gasteiger partial charge in [0.1, 0.15) is 11.6 Å². The average molecular weight is 386 g/mol. The first-order valence-corrected chi connectivity index (χ1v) is 9.46. The molecule has 1 amide bonds. The van der Waals surface area contributed by atoms with Gasteiger partial charge in [-0.05, 0) is 55.4 Å². The van der Waals surface area contributed by atoms with Crippen molar-refractivity contribution in [2.75, 3.05) is 26.7 Å². The van der Waals surface area contributed by atoms with Crippen molar-refractivity contribution in [2.24, 2.45) is 0 Å². The molecule has 3 rings (SSSR count). The zero-order valence-electron chi connectivity index (χ0n) is 15.9. The minimum atomic E-state index is -0.377. The standard InChI is InChI=1S/C22H24F2N2O2/c1-25-13-14-26(15-20(25)16-5-9-18(23)10-6-16)22(28)4-2-3-21(27)17-7-11-19(24)12-8-17/h5-12,20H,2-4,13-15H2,1H3. The minimum absolute atomic E-state index is 0.0205. The summed E-state index contributed by atoms with van der Waals surface area (Å²) in [5, 5.41) is 0. The van der Waals surface area contributed by atoms with Crippen LogP contribution in [-0.2, 0) is 4.79 Å². The third kappa shape index (κ3) is 5.01. The second-order valence-electron chi connectivity index (χ2n) is 7.17. The Kier molecular flexibility index (Phi) is 6.52. The van der Waals surface area contributed by atoms with Crippen molar-refractivity contribution in [1.29, 1.82) is 0 Å². The first kappa shape index (κ1) is 20.1. The van der Waals surface area contributed by atoms with Crippen molar-refractivity contribution in [3.8, 4) is 0 Å². The third-order valence-corrected chi connectivity index (χ3v) is 5.22. The second kappa shape index (κ2) is 9.06. The molecule has 0 N–H and O–H groups in total. The van der Waals surface area contributed by atoms with Crippen molar-refractivity contribution in [3.63, 3.8) is 0 Å². The van der Waals surface area contributed by atoms with Crippen LogP contribution in [0.2, 0.25) is 0 Å². The summed E-state index contributed by atoms with van der Waals surface area (Å²) in [6.07, 6.45) is 1.02. The van der Waals surface area contributed by atoms with E-state index < -0.39 is 0 Å². The van der Waals surface area contributed by atoms with Gasteiger partial charge >= 0.3 is 0 Å². The Morgan fingerprint density at radius 3 is 2.18 bits per heavy atom. The Hall–Kier alpha value is -2.60. The zero-order valence-corrected chi connectivity index (χ0v) is 15.9. The summed E-state index contributed by atoms with van der Waals surface area (Å²) in [6, 6.07) is 11.9. The maximum atomic E-state index is 13.2. The molecule has 2 aromatic rings. The molecule has 0 aromatic heterocycles. The number of ketones is 1. The van der Waals surface area contributed by atoms with Gasteiger partial charge in [0, 0.05) is 38.0 Å². The molecule has 28 heavy (non-hydrogen) atoms. The highest BCUT2D eigenvalue weighted by molar-refractivity contribution is 5.96. The molecule has 1 fully saturated rings. The quantitative estimate of drug-likeness (QED) is 0.709. The van der Waals surface area contributed by atoms with Crippen LogP contribution in [0, 0.1) is 11.6 Å². The third-order valence-electron chi connectivity index (χ3n) is 5.22. The van der Waals surface area contributed by atoms with Gasteiger partial charge in [-0.25, -0.2) is 8.78 Å². The molecular formula is C22H24F2N2O2. The van der Waals surface area contributed by atoms with E-state index in [1.807, 2.05) is 11.9 Å². The molecule has 4 nitrogen and oxygen atoms in total. The second-order valence-corrected chi connectivity index (χ2v) is 7.17. The number of likely N-dealkylation sites (N-methyl/N-ethyl adjacent to an activating group) is 1. The van der Waals surface area contributed by atoms with E-state index in [0.29, 0.717) is 31.5 Å². The lowest BCUT2D eigenvalue weighted by Crippen LogP contribution is -2.48. The SMILES string of the molecule is CN1CCN(C(=O)CCCC(=O)c2ccc(F)cc2)CC1c1ccc(F)cc1. The van der Waals surface area contributed by atoms with Crippen LogP contribution in [0.1, 0.15) is 41.2 Å². The molecule has 1 aliphatic rings. The number of hydrogen-bond donors (Lipinski definition) is 0. The van der Waals surface area contributed by atoms with E-state index in [2.05, 4.69) is 4.90 Å². The molecule has 1 heterocycles. The predicted octanol–water partition coefficient (Wildman–Crippen LogP) is 3.83. The maximum absolute atomic E-state index is 13.2. The monoisotopic (exact) mass is 386 g/mol. The predicted molar refractivity (Wildman–Crippen MR) is 103 cm³/mol. The van der Waals surface area contributed by atoms with Gasteiger partial charge in [0.25, 0.3) is 0 Å². The smallest absolute Gasteiger partial charge is 0.222 e. The molecule has 1 aliphatic heterocycles. The Morgan fingerprint density at radius 2 is 1.54 bits per heavy atom. The van der Waals surface area contributed by atoms with Crippen molar-refractivity contribution < 1.29 is 18.4 Å². The minimum Gasteiger partial charge on any atom is -0.339 e. The van der Waals surface area contributed by atoms with Gasteiger partial charge in [-0.15, -0.1) is 0 Å². The number of Topliss-reactive ketones (excluding diaryl/α,β-unsaturated/α-hetero) is 1. The van der Waals surface area contributed by atoms with Crippen molar-refractivity contribution in [1.82, 2.24) is 9.80 Å². The van der Waals surface area contributed by atoms with Crippen molar-refractivity contribution in [2.45, 2.75) is 25.3 Å². The van der Waals surface area contributed by atoms with E-state index in [0.717, 1.165) is 12.1 Å². The first-order valence-electron chi connectivity index (χ1n) is 9.46. The summed E-state index contributed by atoms with van der Waals surface area (Å²) >= 11 is 0. The highest BCUT2D eigenvalue weighted by atomic mass is 19.1. The molecule has 1 unspecified atom stereocenters. The fourth-order valence-electron chi connectivity index (χ4n) is 3.48. The van der Waals surface area contributed by atoms with Gasteiger partial charge in [0.15, 0.2) is 5.78 Å². The van der Waals surface area contributed by atoms with Crippen LogP contribution in [0.15, 0.2) is 48.5 Å². The van der Waals surface area contributed by atoms with Crippen LogP contribution >= 0.6 is 0 Å². The molecule has 0 radical (unpaired) electrons. The molecule has 1 saturated heterocycles. The van der Waals surface area contributed by atoms with Crippen LogP contribution in [0.3, 0.4) is 0 Å². The number of benzene rings is 2. The van der Waals surface area contributed by atoms with Crippen molar-refractivity contribution in [3.05, 3.63) is 71.3 Å². The molecule has 6 heteroatoms. The fourth-order valence-corrected chi connectivity index (χ4v) is 3.48. The molecule has 0 saturated carbocycles. The van der Waals surface area contributed by atoms with Gasteiger partial charge in [0.2, 0.25) is 5.91 Å². The van der Waals surface area contributed by atoms with Gasteiger partial charge < -0.3 is 4.90 Å². The van der Waals surface area contributed by atoms with E-state index in [1.54, 1.807) is 12.1 Å². The topological polar surface area (TPSA) is 40.6 Å². The van der Waals surface area contributed by atoms with Crippen LogP contribution in [-0.4, -0.2) is 48.2 Å². The Bertz CT molecular complexity index is 821. The number of rotatable bonds is 6. The summed E-state index contributed by atoms with van der Waals surface area (Å²) < 4.78 is 26.1. The van der Waals surface area contributed by atoms with E-state index in [9.17, 15) is 18.4 Å². The van der Waals surface area contributed by atoms with Gasteiger partial charge in [0.05, 0.1) is 6.04 Å². The van der Waals surface area contributed by atoms with Crippen LogP contribution in [0.4, 0.5) is 8.78 Å². The first-order chi connectivity index (χ1) is 13.4. The van der Waals surface area contributed by atoms with Crippen molar-refractivity contribution >= 4 is 11.7 Å². The summed E-state index contributed by atoms with van der Waals surface area (Å²) in [4.78, 5) is 28.7. The molecular weight excluding hydrogens is 362 g/mol. The Balaban J connectivity index is 1.51. The molecule has 0 spiro atoms. The highest BCUT2D eigenvalue weighted by Gasteiger charge is 2.28. The Labute approximate surface area is 163 Å². The van der Waals surface area contributed by atoms with Crippen LogP contribution in [0.5, 0.6) is 0 Å². The van der Waals surface area contributed by atoms with E-state index >= 15 is 0 Å². The van der Waals surface area contributed by atoms with Gasteiger partial charge in [-0.3, -0.25) is 14.5 Å². The zero-order chi connectivity index (χ0) is 20.1. The van der Waals surface area contributed by atoms with Gasteiger partial charge in [-0.1, -0.05) is 12.1 Å². The maximum Gasteiger partial charge on any atom is 0.222 e.